The lowest BCUT2D eigenvalue weighted by molar-refractivity contribution is -0.133. The van der Waals surface area contributed by atoms with Crippen LogP contribution >= 0.6 is 11.6 Å². The summed E-state index contributed by atoms with van der Waals surface area (Å²) in [6.45, 7) is 0. The first kappa shape index (κ1) is 13.1. The molecule has 1 aromatic carbocycles. The lowest BCUT2D eigenvalue weighted by Crippen LogP contribution is -2.29. The number of hydrogen-bond acceptors (Lipinski definition) is 5. The lowest BCUT2D eigenvalue weighted by Gasteiger charge is -2.09. The van der Waals surface area contributed by atoms with E-state index in [0.717, 1.165) is 5.39 Å². The van der Waals surface area contributed by atoms with Gasteiger partial charge in [-0.25, -0.2) is 4.79 Å². The summed E-state index contributed by atoms with van der Waals surface area (Å²) in [5, 5.41) is 11.0. The average Bonchev–Trinajstić information content (AvgIpc) is 2.38. The highest BCUT2D eigenvalue weighted by Gasteiger charge is 2.15. The summed E-state index contributed by atoms with van der Waals surface area (Å²) in [4.78, 5) is 15.1. The molecule has 2 aromatic rings. The standard InChI is InChI=1S/C12H11ClN4O2/c13-7-2-1-6-3-4-16-10(8(6)5-7)9(14)11(17-15)12(18)19/h1-5,17H,14-15H2,(H,18,19)/b11-9-. The number of pyridine rings is 1. The molecule has 0 unspecified atom stereocenters. The van der Waals surface area contributed by atoms with E-state index in [-0.39, 0.29) is 11.4 Å². The number of hydrogen-bond donors (Lipinski definition) is 4. The minimum Gasteiger partial charge on any atom is -0.476 e. The van der Waals surface area contributed by atoms with Crippen LogP contribution in [0.4, 0.5) is 0 Å². The molecule has 1 aromatic heterocycles. The molecule has 1 heterocycles. The first-order valence-electron chi connectivity index (χ1n) is 5.29. The summed E-state index contributed by atoms with van der Waals surface area (Å²) in [6.07, 6.45) is 1.54. The van der Waals surface area contributed by atoms with E-state index in [1.165, 1.54) is 6.20 Å². The van der Waals surface area contributed by atoms with Crippen LogP contribution in [-0.4, -0.2) is 16.1 Å². The van der Waals surface area contributed by atoms with Crippen molar-refractivity contribution in [2.45, 2.75) is 0 Å². The molecule has 2 rings (SSSR count). The summed E-state index contributed by atoms with van der Waals surface area (Å²) in [7, 11) is 0. The third-order valence-electron chi connectivity index (χ3n) is 2.61. The SMILES string of the molecule is NN/C(C(=O)O)=C(\N)c1nccc2ccc(Cl)cc12. The van der Waals surface area contributed by atoms with Gasteiger partial charge in [0.2, 0.25) is 0 Å². The largest absolute Gasteiger partial charge is 0.476 e. The molecule has 0 aliphatic carbocycles. The van der Waals surface area contributed by atoms with Gasteiger partial charge in [0, 0.05) is 16.6 Å². The summed E-state index contributed by atoms with van der Waals surface area (Å²) in [5.41, 5.74) is 7.82. The second kappa shape index (κ2) is 5.13. The van der Waals surface area contributed by atoms with Crippen LogP contribution in [0.2, 0.25) is 5.02 Å². The summed E-state index contributed by atoms with van der Waals surface area (Å²) < 4.78 is 0. The molecule has 0 bridgehead atoms. The van der Waals surface area contributed by atoms with Gasteiger partial charge in [0.1, 0.15) is 0 Å². The molecular weight excluding hydrogens is 268 g/mol. The Kier molecular flexibility index (Phi) is 3.55. The Morgan fingerprint density at radius 2 is 2.11 bits per heavy atom. The number of nitrogens with one attached hydrogen (secondary N) is 1. The molecule has 0 radical (unpaired) electrons. The molecule has 0 spiro atoms. The molecule has 0 atom stereocenters. The van der Waals surface area contributed by atoms with Crippen LogP contribution in [0.25, 0.3) is 16.5 Å². The van der Waals surface area contributed by atoms with E-state index in [1.54, 1.807) is 24.3 Å². The number of benzene rings is 1. The van der Waals surface area contributed by atoms with E-state index in [1.807, 2.05) is 0 Å². The Morgan fingerprint density at radius 1 is 1.37 bits per heavy atom. The second-order valence-electron chi connectivity index (χ2n) is 3.76. The van der Waals surface area contributed by atoms with E-state index in [9.17, 15) is 4.79 Å². The number of carboxylic acid groups (broad SMARTS) is 1. The van der Waals surface area contributed by atoms with E-state index in [0.29, 0.717) is 16.1 Å². The zero-order chi connectivity index (χ0) is 14.0. The second-order valence-corrected chi connectivity index (χ2v) is 4.20. The molecule has 19 heavy (non-hydrogen) atoms. The third kappa shape index (κ3) is 2.44. The number of aliphatic carboxylic acids is 1. The van der Waals surface area contributed by atoms with Crippen LogP contribution in [0.1, 0.15) is 5.69 Å². The Morgan fingerprint density at radius 3 is 2.74 bits per heavy atom. The summed E-state index contributed by atoms with van der Waals surface area (Å²) in [6, 6.07) is 6.97. The highest BCUT2D eigenvalue weighted by Crippen LogP contribution is 2.24. The van der Waals surface area contributed by atoms with Gasteiger partial charge in [0.25, 0.3) is 0 Å². The van der Waals surface area contributed by atoms with Crippen LogP contribution in [-0.2, 0) is 4.79 Å². The van der Waals surface area contributed by atoms with Crippen molar-refractivity contribution in [2.24, 2.45) is 11.6 Å². The predicted octanol–water partition coefficient (Wildman–Crippen LogP) is 1.06. The maximum absolute atomic E-state index is 11.0. The Balaban J connectivity index is 2.75. The Labute approximate surface area is 113 Å². The van der Waals surface area contributed by atoms with Crippen molar-refractivity contribution in [3.63, 3.8) is 0 Å². The number of rotatable bonds is 3. The molecule has 98 valence electrons. The van der Waals surface area contributed by atoms with Crippen LogP contribution < -0.4 is 17.0 Å². The molecule has 7 heteroatoms. The van der Waals surface area contributed by atoms with Crippen molar-refractivity contribution in [2.75, 3.05) is 0 Å². The number of nitrogens with two attached hydrogens (primary N) is 2. The van der Waals surface area contributed by atoms with Crippen molar-refractivity contribution in [1.82, 2.24) is 10.4 Å². The zero-order valence-corrected chi connectivity index (χ0v) is 10.5. The number of nitrogens with zero attached hydrogens (tertiary/aromatic N) is 1. The van der Waals surface area contributed by atoms with Gasteiger partial charge < -0.3 is 16.3 Å². The van der Waals surface area contributed by atoms with Crippen molar-refractivity contribution in [1.29, 1.82) is 0 Å². The number of hydrazine groups is 1. The zero-order valence-electron chi connectivity index (χ0n) is 9.72. The van der Waals surface area contributed by atoms with Gasteiger partial charge in [-0.05, 0) is 23.6 Å². The fourth-order valence-electron chi connectivity index (χ4n) is 1.73. The van der Waals surface area contributed by atoms with Gasteiger partial charge >= 0.3 is 5.97 Å². The number of carboxylic acids is 1. The first-order chi connectivity index (χ1) is 9.04. The van der Waals surface area contributed by atoms with Crippen molar-refractivity contribution < 1.29 is 9.90 Å². The smallest absolute Gasteiger partial charge is 0.355 e. The van der Waals surface area contributed by atoms with Crippen LogP contribution in [0.15, 0.2) is 36.2 Å². The van der Waals surface area contributed by atoms with E-state index in [2.05, 4.69) is 10.4 Å². The number of aromatic nitrogens is 1. The first-order valence-corrected chi connectivity index (χ1v) is 5.66. The molecule has 0 aliphatic heterocycles. The van der Waals surface area contributed by atoms with E-state index >= 15 is 0 Å². The summed E-state index contributed by atoms with van der Waals surface area (Å²) in [5.74, 6) is 3.90. The average molecular weight is 279 g/mol. The minimum atomic E-state index is -1.26. The van der Waals surface area contributed by atoms with Crippen LogP contribution in [0.3, 0.4) is 0 Å². The molecule has 0 aliphatic rings. The Hall–Kier alpha value is -2.31. The topological polar surface area (TPSA) is 114 Å². The number of carbonyl (C=O) groups is 1. The Bertz CT molecular complexity index is 684. The summed E-state index contributed by atoms with van der Waals surface area (Å²) >= 11 is 5.93. The van der Waals surface area contributed by atoms with Gasteiger partial charge in [0.15, 0.2) is 5.70 Å². The van der Waals surface area contributed by atoms with E-state index in [4.69, 9.17) is 28.3 Å². The van der Waals surface area contributed by atoms with Crippen molar-refractivity contribution >= 4 is 34.0 Å². The minimum absolute atomic E-state index is 0.0529. The molecule has 0 saturated heterocycles. The lowest BCUT2D eigenvalue weighted by atomic mass is 10.1. The predicted molar refractivity (Wildman–Crippen MR) is 72.8 cm³/mol. The quantitative estimate of drug-likeness (QED) is 0.379. The molecule has 6 N–H and O–H groups in total. The fraction of sp³-hybridized carbons (Fsp3) is 0. The van der Waals surface area contributed by atoms with Crippen LogP contribution in [0.5, 0.6) is 0 Å². The molecule has 0 fully saturated rings. The third-order valence-corrected chi connectivity index (χ3v) is 2.85. The molecule has 0 amide bonds. The highest BCUT2D eigenvalue weighted by atomic mass is 35.5. The van der Waals surface area contributed by atoms with Gasteiger partial charge in [-0.2, -0.15) is 0 Å². The van der Waals surface area contributed by atoms with Crippen LogP contribution in [0, 0.1) is 0 Å². The maximum Gasteiger partial charge on any atom is 0.355 e. The molecule has 6 nitrogen and oxygen atoms in total. The maximum atomic E-state index is 11.0. The number of halogens is 1. The van der Waals surface area contributed by atoms with Crippen molar-refractivity contribution in [3.8, 4) is 0 Å². The fourth-order valence-corrected chi connectivity index (χ4v) is 1.90. The van der Waals surface area contributed by atoms with Crippen molar-refractivity contribution in [3.05, 3.63) is 46.9 Å². The van der Waals surface area contributed by atoms with E-state index < -0.39 is 5.97 Å². The van der Waals surface area contributed by atoms with Gasteiger partial charge in [-0.15, -0.1) is 0 Å². The number of fused-ring (bicyclic) bond motifs is 1. The normalized spacial score (nSPS) is 12.1. The monoisotopic (exact) mass is 278 g/mol. The molecular formula is C12H11ClN4O2. The highest BCUT2D eigenvalue weighted by molar-refractivity contribution is 6.31. The molecule has 0 saturated carbocycles. The van der Waals surface area contributed by atoms with Gasteiger partial charge in [-0.3, -0.25) is 10.8 Å². The van der Waals surface area contributed by atoms with Gasteiger partial charge in [-0.1, -0.05) is 17.7 Å². The van der Waals surface area contributed by atoms with Gasteiger partial charge in [0.05, 0.1) is 11.4 Å².